The average molecular weight is 136 g/mol. The molecule has 2 heteroatoms. The van der Waals surface area contributed by atoms with Crippen molar-refractivity contribution in [3.05, 3.63) is 22.8 Å². The molecule has 10 heavy (non-hydrogen) atoms. The highest BCUT2D eigenvalue weighted by atomic mass is 14.9. The zero-order chi connectivity index (χ0) is 7.82. The van der Waals surface area contributed by atoms with Gasteiger partial charge in [-0.15, -0.1) is 0 Å². The van der Waals surface area contributed by atoms with Crippen LogP contribution in [0.3, 0.4) is 0 Å². The minimum absolute atomic E-state index is 0.411. The predicted molar refractivity (Wildman–Crippen MR) is 41.1 cm³/mol. The molecule has 0 bridgehead atoms. The maximum absolute atomic E-state index is 6.61. The molecule has 0 atom stereocenters. The Balaban J connectivity index is 3.31. The van der Waals surface area contributed by atoms with Crippen LogP contribution in [0.2, 0.25) is 0 Å². The van der Waals surface area contributed by atoms with Crippen LogP contribution >= 0.6 is 0 Å². The van der Waals surface area contributed by atoms with E-state index in [1.165, 1.54) is 0 Å². The van der Waals surface area contributed by atoms with Gasteiger partial charge in [-0.25, -0.2) is 22.8 Å². The lowest BCUT2D eigenvalue weighted by Gasteiger charge is -1.91. The van der Waals surface area contributed by atoms with Crippen LogP contribution in [0.5, 0.6) is 0 Å². The summed E-state index contributed by atoms with van der Waals surface area (Å²) in [4.78, 5) is 6.35. The van der Waals surface area contributed by atoms with E-state index in [1.54, 1.807) is 0 Å². The van der Waals surface area contributed by atoms with Crippen molar-refractivity contribution in [2.75, 3.05) is 0 Å². The average Bonchev–Trinajstić information content (AvgIpc) is 1.99. The lowest BCUT2D eigenvalue weighted by Crippen LogP contribution is -1.92. The molecule has 0 radical (unpaired) electrons. The number of unbranched alkanes of at least 4 members (excludes halogenated alkanes) is 2. The summed E-state index contributed by atoms with van der Waals surface area (Å²) in [6.45, 7) is 15.3. The smallest absolute Gasteiger partial charge is 0.233 e. The molecule has 0 N–H and O–H groups in total. The number of hydrogen-bond acceptors (Lipinski definition) is 0. The first kappa shape index (κ1) is 8.98. The third-order valence-corrected chi connectivity index (χ3v) is 1.36. The van der Waals surface area contributed by atoms with E-state index in [0.29, 0.717) is 0 Å². The molecule has 0 aliphatic carbocycles. The molecular weight excluding hydrogens is 124 g/mol. The molecule has 0 unspecified atom stereocenters. The summed E-state index contributed by atoms with van der Waals surface area (Å²) in [6.07, 6.45) is 3.66. The van der Waals surface area contributed by atoms with Gasteiger partial charge >= 0.3 is 6.17 Å². The summed E-state index contributed by atoms with van der Waals surface area (Å²) in [5.41, 5.74) is 0. The van der Waals surface area contributed by atoms with Gasteiger partial charge in [0.15, 0.2) is 0 Å². The molecular formula is C8H12N2. The van der Waals surface area contributed by atoms with Crippen molar-refractivity contribution < 1.29 is 0 Å². The van der Waals surface area contributed by atoms with Gasteiger partial charge in [0, 0.05) is 0 Å². The van der Waals surface area contributed by atoms with E-state index in [9.17, 15) is 0 Å². The minimum atomic E-state index is -0.411. The molecule has 0 spiro atoms. The fourth-order valence-electron chi connectivity index (χ4n) is 0.735. The Hall–Kier alpha value is -1.02. The molecule has 0 aromatic rings. The first-order chi connectivity index (χ1) is 4.85. The van der Waals surface area contributed by atoms with Crippen LogP contribution in [0.1, 0.15) is 32.6 Å². The summed E-state index contributed by atoms with van der Waals surface area (Å²) < 4.78 is 0. The quantitative estimate of drug-likeness (QED) is 0.415. The summed E-state index contributed by atoms with van der Waals surface area (Å²) in [7, 11) is 0. The summed E-state index contributed by atoms with van der Waals surface area (Å²) >= 11 is 0. The second-order valence-electron chi connectivity index (χ2n) is 2.23. The summed E-state index contributed by atoms with van der Waals surface area (Å²) in [5, 5.41) is 0. The molecule has 2 nitrogen and oxygen atoms in total. The maximum Gasteiger partial charge on any atom is 0.474 e. The van der Waals surface area contributed by atoms with Gasteiger partial charge in [-0.05, 0) is 6.42 Å². The lowest BCUT2D eigenvalue weighted by molar-refractivity contribution is 0.655. The molecule has 0 aromatic heterocycles. The number of hydrogen-bond donors (Lipinski definition) is 0. The molecule has 0 aliphatic rings. The fourth-order valence-corrected chi connectivity index (χ4v) is 0.735. The van der Waals surface area contributed by atoms with E-state index in [2.05, 4.69) is 16.6 Å². The molecule has 0 aromatic carbocycles. The van der Waals surface area contributed by atoms with E-state index in [-0.39, 0.29) is 0 Å². The largest absolute Gasteiger partial charge is 0.474 e. The molecule has 0 amide bonds. The molecule has 0 fully saturated rings. The molecule has 0 aliphatic heterocycles. The zero-order valence-corrected chi connectivity index (χ0v) is 6.30. The van der Waals surface area contributed by atoms with Crippen LogP contribution in [0, 0.1) is 13.1 Å². The van der Waals surface area contributed by atoms with Gasteiger partial charge < -0.3 is 0 Å². The molecule has 0 rings (SSSR count). The van der Waals surface area contributed by atoms with E-state index in [0.717, 1.165) is 25.7 Å². The Bertz CT molecular complexity index is 136. The van der Waals surface area contributed by atoms with Crippen molar-refractivity contribution in [2.45, 2.75) is 38.8 Å². The van der Waals surface area contributed by atoms with Gasteiger partial charge in [0.05, 0.1) is 0 Å². The highest BCUT2D eigenvalue weighted by molar-refractivity contribution is 4.85. The minimum Gasteiger partial charge on any atom is -0.233 e. The van der Waals surface area contributed by atoms with Crippen LogP contribution in [-0.4, -0.2) is 6.17 Å². The Morgan fingerprint density at radius 1 is 1.20 bits per heavy atom. The second-order valence-corrected chi connectivity index (χ2v) is 2.23. The predicted octanol–water partition coefficient (Wildman–Crippen LogP) is 2.73. The standard InChI is InChI=1S/C8H12N2/c1-4-5-6-7-8(9-2)10-3/h8H,4-7H2,1H3. The highest BCUT2D eigenvalue weighted by Gasteiger charge is 2.12. The van der Waals surface area contributed by atoms with E-state index in [4.69, 9.17) is 13.1 Å². The van der Waals surface area contributed by atoms with Crippen molar-refractivity contribution in [3.63, 3.8) is 0 Å². The summed E-state index contributed by atoms with van der Waals surface area (Å²) in [6, 6.07) is 0. The Morgan fingerprint density at radius 2 is 1.80 bits per heavy atom. The van der Waals surface area contributed by atoms with Crippen LogP contribution < -0.4 is 0 Å². The van der Waals surface area contributed by atoms with Crippen LogP contribution in [0.15, 0.2) is 0 Å². The SMILES string of the molecule is [C-]#[N+]C(CCCCC)[N+]#[C-]. The van der Waals surface area contributed by atoms with Crippen molar-refractivity contribution in [2.24, 2.45) is 0 Å². The first-order valence-corrected chi connectivity index (χ1v) is 3.58. The maximum atomic E-state index is 6.61. The van der Waals surface area contributed by atoms with Gasteiger partial charge in [0.1, 0.15) is 6.42 Å². The fraction of sp³-hybridized carbons (Fsp3) is 0.750. The second kappa shape index (κ2) is 6.11. The van der Waals surface area contributed by atoms with Crippen molar-refractivity contribution in [1.29, 1.82) is 0 Å². The van der Waals surface area contributed by atoms with Crippen molar-refractivity contribution in [1.82, 2.24) is 0 Å². The van der Waals surface area contributed by atoms with Crippen LogP contribution in [0.25, 0.3) is 9.69 Å². The van der Waals surface area contributed by atoms with E-state index >= 15 is 0 Å². The lowest BCUT2D eigenvalue weighted by atomic mass is 10.2. The highest BCUT2D eigenvalue weighted by Crippen LogP contribution is 2.06. The normalized spacial score (nSPS) is 8.80. The molecule has 54 valence electrons. The topological polar surface area (TPSA) is 8.72 Å². The number of nitrogens with zero attached hydrogens (tertiary/aromatic N) is 2. The van der Waals surface area contributed by atoms with Gasteiger partial charge in [0.25, 0.3) is 0 Å². The van der Waals surface area contributed by atoms with Crippen molar-refractivity contribution >= 4 is 0 Å². The van der Waals surface area contributed by atoms with Gasteiger partial charge in [-0.3, -0.25) is 0 Å². The monoisotopic (exact) mass is 136 g/mol. The third-order valence-electron chi connectivity index (χ3n) is 1.36. The third kappa shape index (κ3) is 3.92. The Kier molecular flexibility index (Phi) is 5.48. The molecule has 0 saturated carbocycles. The van der Waals surface area contributed by atoms with Gasteiger partial charge in [0.2, 0.25) is 0 Å². The van der Waals surface area contributed by atoms with Crippen molar-refractivity contribution in [3.8, 4) is 0 Å². The molecule has 0 heterocycles. The molecule has 0 saturated heterocycles. The van der Waals surface area contributed by atoms with Crippen LogP contribution in [0.4, 0.5) is 0 Å². The first-order valence-electron chi connectivity index (χ1n) is 3.58. The van der Waals surface area contributed by atoms with Gasteiger partial charge in [-0.1, -0.05) is 19.8 Å². The summed E-state index contributed by atoms with van der Waals surface area (Å²) in [5.74, 6) is 0. The number of rotatable bonds is 4. The van der Waals surface area contributed by atoms with E-state index in [1.807, 2.05) is 0 Å². The van der Waals surface area contributed by atoms with E-state index < -0.39 is 6.17 Å². The zero-order valence-electron chi connectivity index (χ0n) is 6.30. The Morgan fingerprint density at radius 3 is 2.20 bits per heavy atom. The Labute approximate surface area is 62.5 Å². The van der Waals surface area contributed by atoms with Crippen LogP contribution in [-0.2, 0) is 0 Å². The van der Waals surface area contributed by atoms with Gasteiger partial charge in [-0.2, -0.15) is 0 Å².